The number of fused-ring (bicyclic) bond motifs is 2. The van der Waals surface area contributed by atoms with E-state index in [1.165, 1.54) is 10.5 Å². The largest absolute Gasteiger partial charge is 0.332 e. The summed E-state index contributed by atoms with van der Waals surface area (Å²) in [6.45, 7) is 7.40. The van der Waals surface area contributed by atoms with E-state index in [1.54, 1.807) is 23.1 Å². The lowest BCUT2D eigenvalue weighted by Gasteiger charge is -2.27. The van der Waals surface area contributed by atoms with Gasteiger partial charge in [0.2, 0.25) is 0 Å². The van der Waals surface area contributed by atoms with E-state index < -0.39 is 0 Å². The molecule has 0 saturated carbocycles. The second kappa shape index (κ2) is 6.58. The molecule has 2 aliphatic heterocycles. The molecule has 1 aromatic carbocycles. The molecule has 28 heavy (non-hydrogen) atoms. The van der Waals surface area contributed by atoms with Crippen LogP contribution in [0.1, 0.15) is 61.9 Å². The van der Waals surface area contributed by atoms with E-state index in [9.17, 15) is 14.4 Å². The topological polar surface area (TPSA) is 75.5 Å². The third-order valence-corrected chi connectivity index (χ3v) is 5.50. The molecule has 3 amide bonds. The van der Waals surface area contributed by atoms with Crippen molar-refractivity contribution in [2.24, 2.45) is 13.0 Å². The van der Waals surface area contributed by atoms with Crippen molar-refractivity contribution in [1.82, 2.24) is 19.6 Å². The first-order valence-electron chi connectivity index (χ1n) is 9.58. The number of aryl methyl sites for hydroxylation is 2. The molecule has 0 bridgehead atoms. The Bertz CT molecular complexity index is 1010. The van der Waals surface area contributed by atoms with E-state index in [4.69, 9.17) is 0 Å². The fourth-order valence-electron chi connectivity index (χ4n) is 4.09. The molecule has 0 aliphatic carbocycles. The quantitative estimate of drug-likeness (QED) is 0.765. The van der Waals surface area contributed by atoms with Gasteiger partial charge in [-0.1, -0.05) is 13.8 Å². The lowest BCUT2D eigenvalue weighted by molar-refractivity contribution is 0.0635. The van der Waals surface area contributed by atoms with Gasteiger partial charge in [0.15, 0.2) is 0 Å². The Morgan fingerprint density at radius 1 is 1.18 bits per heavy atom. The Balaban J connectivity index is 1.60. The highest BCUT2D eigenvalue weighted by Gasteiger charge is 2.36. The molecule has 2 aromatic rings. The predicted molar refractivity (Wildman–Crippen MR) is 103 cm³/mol. The van der Waals surface area contributed by atoms with Crippen LogP contribution < -0.4 is 0 Å². The maximum Gasteiger partial charge on any atom is 0.261 e. The van der Waals surface area contributed by atoms with Crippen molar-refractivity contribution in [1.29, 1.82) is 0 Å². The van der Waals surface area contributed by atoms with Crippen LogP contribution in [-0.2, 0) is 20.0 Å². The monoisotopic (exact) mass is 380 g/mol. The molecule has 3 heterocycles. The molecular formula is C21H24N4O3. The van der Waals surface area contributed by atoms with Crippen molar-refractivity contribution in [3.05, 3.63) is 51.8 Å². The number of benzene rings is 1. The summed E-state index contributed by atoms with van der Waals surface area (Å²) in [4.78, 5) is 41.3. The zero-order chi connectivity index (χ0) is 20.2. The fraction of sp³-hybridized carbons (Fsp3) is 0.429. The third kappa shape index (κ3) is 2.82. The third-order valence-electron chi connectivity index (χ3n) is 5.50. The molecule has 0 atom stereocenters. The Kier molecular flexibility index (Phi) is 4.33. The van der Waals surface area contributed by atoms with Gasteiger partial charge < -0.3 is 4.90 Å². The Hall–Kier alpha value is -2.96. The Labute approximate surface area is 163 Å². The van der Waals surface area contributed by atoms with E-state index in [2.05, 4.69) is 5.10 Å². The number of hydrogen-bond donors (Lipinski definition) is 0. The molecule has 0 spiro atoms. The summed E-state index contributed by atoms with van der Waals surface area (Å²) >= 11 is 0. The van der Waals surface area contributed by atoms with Crippen LogP contribution in [0, 0.1) is 12.8 Å². The Morgan fingerprint density at radius 2 is 1.89 bits per heavy atom. The lowest BCUT2D eigenvalue weighted by atomic mass is 10.0. The summed E-state index contributed by atoms with van der Waals surface area (Å²) in [7, 11) is 1.89. The lowest BCUT2D eigenvalue weighted by Crippen LogP contribution is -2.36. The number of aromatic nitrogens is 2. The van der Waals surface area contributed by atoms with Crippen LogP contribution in [0.4, 0.5) is 0 Å². The van der Waals surface area contributed by atoms with Gasteiger partial charge >= 0.3 is 0 Å². The zero-order valence-electron chi connectivity index (χ0n) is 16.7. The van der Waals surface area contributed by atoms with Gasteiger partial charge in [-0.2, -0.15) is 5.10 Å². The molecule has 1 aromatic heterocycles. The van der Waals surface area contributed by atoms with Gasteiger partial charge in [-0.3, -0.25) is 24.0 Å². The van der Waals surface area contributed by atoms with Crippen molar-refractivity contribution in [3.63, 3.8) is 0 Å². The maximum absolute atomic E-state index is 13.1. The van der Waals surface area contributed by atoms with Crippen molar-refractivity contribution in [3.8, 4) is 0 Å². The normalized spacial score (nSPS) is 16.0. The fourth-order valence-corrected chi connectivity index (χ4v) is 4.09. The standard InChI is InChI=1S/C21H24N4O3/c1-12(2)10-25-20(27)16-6-5-14(9-17(16)21(25)28)19(26)24-8-7-15-13(3)22-23(4)18(15)11-24/h5-6,9,12H,7-8,10-11H2,1-4H3. The highest BCUT2D eigenvalue weighted by molar-refractivity contribution is 6.22. The summed E-state index contributed by atoms with van der Waals surface area (Å²) in [5, 5.41) is 4.45. The van der Waals surface area contributed by atoms with Crippen molar-refractivity contribution >= 4 is 17.7 Å². The van der Waals surface area contributed by atoms with Gasteiger partial charge in [-0.25, -0.2) is 0 Å². The summed E-state index contributed by atoms with van der Waals surface area (Å²) in [5.74, 6) is -0.532. The van der Waals surface area contributed by atoms with E-state index in [0.29, 0.717) is 36.3 Å². The number of carbonyl (C=O) groups is 3. The molecule has 7 heteroatoms. The van der Waals surface area contributed by atoms with E-state index in [0.717, 1.165) is 17.8 Å². The molecule has 0 unspecified atom stereocenters. The minimum absolute atomic E-state index is 0.130. The van der Waals surface area contributed by atoms with Crippen LogP contribution in [-0.4, -0.2) is 50.4 Å². The molecular weight excluding hydrogens is 356 g/mol. The average molecular weight is 380 g/mol. The second-order valence-electron chi connectivity index (χ2n) is 7.99. The van der Waals surface area contributed by atoms with Gasteiger partial charge in [0.1, 0.15) is 0 Å². The second-order valence-corrected chi connectivity index (χ2v) is 7.99. The zero-order valence-corrected chi connectivity index (χ0v) is 16.7. The molecule has 0 saturated heterocycles. The van der Waals surface area contributed by atoms with Gasteiger partial charge in [0.05, 0.1) is 29.1 Å². The van der Waals surface area contributed by atoms with Crippen molar-refractivity contribution in [2.75, 3.05) is 13.1 Å². The number of nitrogens with zero attached hydrogens (tertiary/aromatic N) is 4. The minimum atomic E-state index is -0.313. The molecule has 4 rings (SSSR count). The van der Waals surface area contributed by atoms with Crippen molar-refractivity contribution < 1.29 is 14.4 Å². The maximum atomic E-state index is 13.1. The first-order valence-corrected chi connectivity index (χ1v) is 9.58. The molecule has 7 nitrogen and oxygen atoms in total. The van der Waals surface area contributed by atoms with Crippen LogP contribution in [0.3, 0.4) is 0 Å². The summed E-state index contributed by atoms with van der Waals surface area (Å²) in [5.41, 5.74) is 4.42. The molecule has 0 N–H and O–H groups in total. The van der Waals surface area contributed by atoms with Crippen LogP contribution in [0.2, 0.25) is 0 Å². The van der Waals surface area contributed by atoms with Crippen LogP contribution in [0.5, 0.6) is 0 Å². The summed E-state index contributed by atoms with van der Waals surface area (Å²) in [6.07, 6.45) is 0.769. The van der Waals surface area contributed by atoms with Gasteiger partial charge in [0, 0.05) is 25.7 Å². The van der Waals surface area contributed by atoms with E-state index >= 15 is 0 Å². The van der Waals surface area contributed by atoms with Crippen molar-refractivity contribution in [2.45, 2.75) is 33.7 Å². The van der Waals surface area contributed by atoms with Crippen LogP contribution in [0.15, 0.2) is 18.2 Å². The van der Waals surface area contributed by atoms with Gasteiger partial charge in [-0.05, 0) is 43.0 Å². The Morgan fingerprint density at radius 3 is 2.61 bits per heavy atom. The van der Waals surface area contributed by atoms with Crippen LogP contribution >= 0.6 is 0 Å². The van der Waals surface area contributed by atoms with E-state index in [-0.39, 0.29) is 23.6 Å². The molecule has 146 valence electrons. The SMILES string of the molecule is Cc1nn(C)c2c1CCN(C(=O)c1ccc3c(c1)C(=O)N(CC(C)C)C3=O)C2. The average Bonchev–Trinajstić information content (AvgIpc) is 3.08. The summed E-state index contributed by atoms with van der Waals surface area (Å²) < 4.78 is 1.83. The number of carbonyl (C=O) groups excluding carboxylic acids is 3. The molecule has 0 fully saturated rings. The molecule has 0 radical (unpaired) electrons. The highest BCUT2D eigenvalue weighted by Crippen LogP contribution is 2.27. The first kappa shape index (κ1) is 18.4. The number of imide groups is 1. The minimum Gasteiger partial charge on any atom is -0.332 e. The predicted octanol–water partition coefficient (Wildman–Crippen LogP) is 2.18. The number of rotatable bonds is 3. The smallest absolute Gasteiger partial charge is 0.261 e. The molecule has 2 aliphatic rings. The van der Waals surface area contributed by atoms with Gasteiger partial charge in [0.25, 0.3) is 17.7 Å². The number of hydrogen-bond acceptors (Lipinski definition) is 4. The van der Waals surface area contributed by atoms with Gasteiger partial charge in [-0.15, -0.1) is 0 Å². The van der Waals surface area contributed by atoms with Crippen LogP contribution in [0.25, 0.3) is 0 Å². The summed E-state index contributed by atoms with van der Waals surface area (Å²) in [6, 6.07) is 4.82. The first-order chi connectivity index (χ1) is 13.3. The van der Waals surface area contributed by atoms with E-state index in [1.807, 2.05) is 32.5 Å². The highest BCUT2D eigenvalue weighted by atomic mass is 16.2. The number of amides is 3.